The molecule has 0 aliphatic heterocycles. The smallest absolute Gasteiger partial charge is 0.166 e. The fourth-order valence-corrected chi connectivity index (χ4v) is 1.72. The molecule has 0 aromatic carbocycles. The summed E-state index contributed by atoms with van der Waals surface area (Å²) in [5.74, 6) is 0. The van der Waals surface area contributed by atoms with E-state index in [1.54, 1.807) is 11.3 Å². The van der Waals surface area contributed by atoms with E-state index in [1.165, 1.54) is 0 Å². The molecule has 0 aliphatic carbocycles. The van der Waals surface area contributed by atoms with Crippen molar-refractivity contribution >= 4 is 27.8 Å². The van der Waals surface area contributed by atoms with Gasteiger partial charge < -0.3 is 4.98 Å². The minimum Gasteiger partial charge on any atom is -0.352 e. The molecule has 2 aromatic heterocycles. The Balaban J connectivity index is 2.78. The maximum absolute atomic E-state index is 10.2. The van der Waals surface area contributed by atoms with Crippen LogP contribution >= 0.6 is 11.3 Å². The van der Waals surface area contributed by atoms with Gasteiger partial charge in [-0.25, -0.2) is 0 Å². The van der Waals surface area contributed by atoms with Crippen LogP contribution in [0.5, 0.6) is 0 Å². The van der Waals surface area contributed by atoms with E-state index in [1.807, 2.05) is 17.5 Å². The molecule has 10 heavy (non-hydrogen) atoms. The highest BCUT2D eigenvalue weighted by Gasteiger charge is 1.98. The number of hydrogen-bond acceptors (Lipinski definition) is 2. The fraction of sp³-hybridized carbons (Fsp3) is 0. The number of nitrogens with one attached hydrogen (secondary N) is 1. The monoisotopic (exact) mass is 151 g/mol. The number of carbonyl (C=O) groups is 1. The fourth-order valence-electron chi connectivity index (χ4n) is 0.932. The van der Waals surface area contributed by atoms with E-state index in [-0.39, 0.29) is 0 Å². The van der Waals surface area contributed by atoms with Crippen LogP contribution in [0.3, 0.4) is 0 Å². The van der Waals surface area contributed by atoms with Gasteiger partial charge in [-0.05, 0) is 17.5 Å². The molecule has 0 atom stereocenters. The molecule has 2 nitrogen and oxygen atoms in total. The first-order chi connectivity index (χ1) is 4.90. The summed E-state index contributed by atoms with van der Waals surface area (Å²) in [4.78, 5) is 13.2. The lowest BCUT2D eigenvalue weighted by Gasteiger charge is -1.74. The zero-order chi connectivity index (χ0) is 6.97. The number of thiophene rings is 1. The average Bonchev–Trinajstić information content (AvgIpc) is 2.42. The van der Waals surface area contributed by atoms with Gasteiger partial charge in [0, 0.05) is 0 Å². The minimum atomic E-state index is 0.654. The van der Waals surface area contributed by atoms with Gasteiger partial charge in [-0.3, -0.25) is 4.79 Å². The molecule has 0 aliphatic rings. The summed E-state index contributed by atoms with van der Waals surface area (Å²) in [6.07, 6.45) is 0.826. The molecule has 0 amide bonds. The third kappa shape index (κ3) is 0.675. The van der Waals surface area contributed by atoms with Crippen molar-refractivity contribution in [3.05, 3.63) is 23.2 Å². The highest BCUT2D eigenvalue weighted by Crippen LogP contribution is 2.19. The normalized spacial score (nSPS) is 10.4. The van der Waals surface area contributed by atoms with Crippen LogP contribution in [-0.4, -0.2) is 11.3 Å². The lowest BCUT2D eigenvalue weighted by atomic mass is 10.5. The van der Waals surface area contributed by atoms with E-state index >= 15 is 0 Å². The summed E-state index contributed by atoms with van der Waals surface area (Å²) in [6, 6.07) is 3.82. The van der Waals surface area contributed by atoms with Crippen molar-refractivity contribution in [3.63, 3.8) is 0 Å². The van der Waals surface area contributed by atoms with Crippen molar-refractivity contribution in [1.82, 2.24) is 4.98 Å². The van der Waals surface area contributed by atoms with E-state index < -0.39 is 0 Å². The molecular weight excluding hydrogens is 146 g/mol. The standard InChI is InChI=1S/C7H5NOS/c9-4-5-3-7-6(8-5)1-2-10-7/h1-4,8H. The molecule has 1 N–H and O–H groups in total. The lowest BCUT2D eigenvalue weighted by molar-refractivity contribution is 0.112. The number of fused-ring (bicyclic) bond motifs is 1. The molecule has 2 aromatic rings. The molecule has 2 rings (SSSR count). The van der Waals surface area contributed by atoms with Crippen LogP contribution in [0.15, 0.2) is 17.5 Å². The minimum absolute atomic E-state index is 0.654. The van der Waals surface area contributed by atoms with Gasteiger partial charge in [-0.1, -0.05) is 0 Å². The number of aromatic amines is 1. The molecule has 0 bridgehead atoms. The molecule has 3 heteroatoms. The predicted octanol–water partition coefficient (Wildman–Crippen LogP) is 2.04. The number of rotatable bonds is 1. The summed E-state index contributed by atoms with van der Waals surface area (Å²) < 4.78 is 1.14. The predicted molar refractivity (Wildman–Crippen MR) is 41.6 cm³/mol. The Labute approximate surface area is 61.5 Å². The van der Waals surface area contributed by atoms with E-state index in [2.05, 4.69) is 4.98 Å². The second-order valence-electron chi connectivity index (χ2n) is 2.04. The lowest BCUT2D eigenvalue weighted by Crippen LogP contribution is -1.73. The molecule has 0 unspecified atom stereocenters. The van der Waals surface area contributed by atoms with Gasteiger partial charge in [0.25, 0.3) is 0 Å². The SMILES string of the molecule is O=Cc1cc2sccc2[nH]1. The average molecular weight is 151 g/mol. The van der Waals surface area contributed by atoms with Crippen LogP contribution in [0.4, 0.5) is 0 Å². The first-order valence-corrected chi connectivity index (χ1v) is 3.79. The van der Waals surface area contributed by atoms with Crippen molar-refractivity contribution in [1.29, 1.82) is 0 Å². The zero-order valence-corrected chi connectivity index (χ0v) is 5.94. The van der Waals surface area contributed by atoms with Crippen LogP contribution in [0.25, 0.3) is 10.2 Å². The quantitative estimate of drug-likeness (QED) is 0.621. The van der Waals surface area contributed by atoms with E-state index in [0.29, 0.717) is 5.69 Å². The molecule has 0 fully saturated rings. The van der Waals surface area contributed by atoms with Crippen LogP contribution in [0, 0.1) is 0 Å². The summed E-state index contributed by atoms with van der Waals surface area (Å²) in [6.45, 7) is 0. The molecular formula is C7H5NOS. The maximum atomic E-state index is 10.2. The van der Waals surface area contributed by atoms with Gasteiger partial charge in [0.1, 0.15) is 0 Å². The van der Waals surface area contributed by atoms with E-state index in [0.717, 1.165) is 16.5 Å². The van der Waals surface area contributed by atoms with Crippen molar-refractivity contribution in [3.8, 4) is 0 Å². The maximum Gasteiger partial charge on any atom is 0.166 e. The van der Waals surface area contributed by atoms with Crippen LogP contribution in [0.2, 0.25) is 0 Å². The van der Waals surface area contributed by atoms with Gasteiger partial charge in [-0.2, -0.15) is 0 Å². The second-order valence-corrected chi connectivity index (χ2v) is 2.99. The highest BCUT2D eigenvalue weighted by atomic mass is 32.1. The van der Waals surface area contributed by atoms with Crippen LogP contribution in [0.1, 0.15) is 10.5 Å². The zero-order valence-electron chi connectivity index (χ0n) is 5.13. The molecule has 0 radical (unpaired) electrons. The Hall–Kier alpha value is -1.09. The van der Waals surface area contributed by atoms with Gasteiger partial charge in [0.15, 0.2) is 6.29 Å². The van der Waals surface area contributed by atoms with Crippen molar-refractivity contribution < 1.29 is 4.79 Å². The van der Waals surface area contributed by atoms with E-state index in [9.17, 15) is 4.79 Å². The van der Waals surface area contributed by atoms with E-state index in [4.69, 9.17) is 0 Å². The summed E-state index contributed by atoms with van der Waals surface area (Å²) >= 11 is 1.63. The summed E-state index contributed by atoms with van der Waals surface area (Å²) in [5, 5.41) is 2.00. The van der Waals surface area contributed by atoms with Gasteiger partial charge >= 0.3 is 0 Å². The number of carbonyl (C=O) groups excluding carboxylic acids is 1. The molecule has 50 valence electrons. The summed E-state index contributed by atoms with van der Waals surface area (Å²) in [5.41, 5.74) is 1.70. The van der Waals surface area contributed by atoms with Crippen molar-refractivity contribution in [2.24, 2.45) is 0 Å². The Bertz CT molecular complexity index is 332. The number of hydrogen-bond donors (Lipinski definition) is 1. The van der Waals surface area contributed by atoms with Crippen LogP contribution < -0.4 is 0 Å². The van der Waals surface area contributed by atoms with Gasteiger partial charge in [-0.15, -0.1) is 11.3 Å². The van der Waals surface area contributed by atoms with Crippen molar-refractivity contribution in [2.75, 3.05) is 0 Å². The first-order valence-electron chi connectivity index (χ1n) is 2.91. The molecule has 0 spiro atoms. The second kappa shape index (κ2) is 1.95. The third-order valence-corrected chi connectivity index (χ3v) is 2.25. The Morgan fingerprint density at radius 2 is 2.50 bits per heavy atom. The van der Waals surface area contributed by atoms with Gasteiger partial charge in [0.2, 0.25) is 0 Å². The molecule has 0 saturated carbocycles. The van der Waals surface area contributed by atoms with Crippen molar-refractivity contribution in [2.45, 2.75) is 0 Å². The Kier molecular flexibility index (Phi) is 1.11. The third-order valence-electron chi connectivity index (χ3n) is 1.39. The highest BCUT2D eigenvalue weighted by molar-refractivity contribution is 7.17. The van der Waals surface area contributed by atoms with Crippen LogP contribution in [-0.2, 0) is 0 Å². The summed E-state index contributed by atoms with van der Waals surface area (Å²) in [7, 11) is 0. The number of aromatic nitrogens is 1. The Morgan fingerprint density at radius 3 is 3.20 bits per heavy atom. The Morgan fingerprint density at radius 1 is 1.60 bits per heavy atom. The number of H-pyrrole nitrogens is 1. The largest absolute Gasteiger partial charge is 0.352 e. The molecule has 0 saturated heterocycles. The van der Waals surface area contributed by atoms with Gasteiger partial charge in [0.05, 0.1) is 15.9 Å². The molecule has 2 heterocycles. The first kappa shape index (κ1) is 5.68. The number of aldehydes is 1. The topological polar surface area (TPSA) is 32.9 Å².